The Morgan fingerprint density at radius 1 is 1.25 bits per heavy atom. The van der Waals surface area contributed by atoms with Crippen molar-refractivity contribution in [2.45, 2.75) is 26.7 Å². The zero-order valence-corrected chi connectivity index (χ0v) is 7.16. The highest BCUT2D eigenvalue weighted by atomic mass is 16.4. The van der Waals surface area contributed by atoms with E-state index in [0.717, 1.165) is 0 Å². The number of carboxylic acid groups (broad SMARTS) is 1. The fourth-order valence-electron chi connectivity index (χ4n) is 0.653. The van der Waals surface area contributed by atoms with Gasteiger partial charge in [0.1, 0.15) is 0 Å². The van der Waals surface area contributed by atoms with Gasteiger partial charge in [-0.3, -0.25) is 9.59 Å². The molecule has 0 amide bonds. The number of ketones is 2. The van der Waals surface area contributed by atoms with Gasteiger partial charge in [-0.2, -0.15) is 0 Å². The average molecular weight is 172 g/mol. The number of aliphatic carboxylic acids is 1. The summed E-state index contributed by atoms with van der Waals surface area (Å²) in [5, 5.41) is 8.15. The van der Waals surface area contributed by atoms with Crippen molar-refractivity contribution in [3.05, 3.63) is 0 Å². The van der Waals surface area contributed by atoms with Gasteiger partial charge in [0.05, 0.1) is 0 Å². The third kappa shape index (κ3) is 3.85. The topological polar surface area (TPSA) is 71.4 Å². The monoisotopic (exact) mass is 172 g/mol. The van der Waals surface area contributed by atoms with Crippen LogP contribution in [0.25, 0.3) is 0 Å². The fourth-order valence-corrected chi connectivity index (χ4v) is 0.653. The zero-order chi connectivity index (χ0) is 9.72. The summed E-state index contributed by atoms with van der Waals surface area (Å²) in [6.45, 7) is 3.80. The van der Waals surface area contributed by atoms with Crippen LogP contribution in [0.2, 0.25) is 0 Å². The van der Waals surface area contributed by atoms with Gasteiger partial charge < -0.3 is 5.11 Å². The molecule has 0 aromatic rings. The van der Waals surface area contributed by atoms with Crippen molar-refractivity contribution >= 4 is 17.5 Å². The first kappa shape index (κ1) is 10.8. The molecule has 0 saturated heterocycles. The summed E-state index contributed by atoms with van der Waals surface area (Å²) >= 11 is 0. The van der Waals surface area contributed by atoms with Gasteiger partial charge in [-0.15, -0.1) is 0 Å². The van der Waals surface area contributed by atoms with Gasteiger partial charge in [0.25, 0.3) is 0 Å². The second kappa shape index (κ2) is 4.64. The van der Waals surface area contributed by atoms with Crippen LogP contribution in [0.15, 0.2) is 0 Å². The molecule has 0 radical (unpaired) electrons. The van der Waals surface area contributed by atoms with Gasteiger partial charge in [-0.05, 0) is 12.3 Å². The molecule has 0 bridgehead atoms. The molecule has 0 aliphatic rings. The first-order chi connectivity index (χ1) is 5.45. The highest BCUT2D eigenvalue weighted by molar-refractivity contribution is 6.61. The molecule has 0 spiro atoms. The molecule has 0 unspecified atom stereocenters. The highest BCUT2D eigenvalue weighted by Gasteiger charge is 2.20. The third-order valence-corrected chi connectivity index (χ3v) is 1.40. The van der Waals surface area contributed by atoms with Crippen LogP contribution in [0.5, 0.6) is 0 Å². The van der Waals surface area contributed by atoms with Crippen LogP contribution in [0, 0.1) is 5.92 Å². The van der Waals surface area contributed by atoms with Crippen LogP contribution >= 0.6 is 0 Å². The Morgan fingerprint density at radius 3 is 2.08 bits per heavy atom. The number of carboxylic acids is 1. The molecule has 4 nitrogen and oxygen atoms in total. The van der Waals surface area contributed by atoms with E-state index < -0.39 is 17.5 Å². The van der Waals surface area contributed by atoms with E-state index in [0.29, 0.717) is 12.3 Å². The van der Waals surface area contributed by atoms with Crippen LogP contribution < -0.4 is 0 Å². The summed E-state index contributed by atoms with van der Waals surface area (Å²) < 4.78 is 0. The largest absolute Gasteiger partial charge is 0.475 e. The molecule has 0 aromatic carbocycles. The van der Waals surface area contributed by atoms with Crippen molar-refractivity contribution < 1.29 is 19.5 Å². The molecule has 0 aromatic heterocycles. The first-order valence-electron chi connectivity index (χ1n) is 3.75. The molecule has 12 heavy (non-hydrogen) atoms. The van der Waals surface area contributed by atoms with Crippen molar-refractivity contribution in [2.24, 2.45) is 5.92 Å². The molecule has 0 heterocycles. The van der Waals surface area contributed by atoms with E-state index >= 15 is 0 Å². The molecular formula is C8H12O4. The van der Waals surface area contributed by atoms with E-state index in [-0.39, 0.29) is 6.42 Å². The summed E-state index contributed by atoms with van der Waals surface area (Å²) in [6.07, 6.45) is 0.584. The number of rotatable bonds is 5. The van der Waals surface area contributed by atoms with E-state index in [1.807, 2.05) is 13.8 Å². The van der Waals surface area contributed by atoms with Crippen LogP contribution in [0.3, 0.4) is 0 Å². The van der Waals surface area contributed by atoms with E-state index in [1.54, 1.807) is 0 Å². The molecule has 1 N–H and O–H groups in total. The summed E-state index contributed by atoms with van der Waals surface area (Å²) in [4.78, 5) is 31.3. The highest BCUT2D eigenvalue weighted by Crippen LogP contribution is 2.03. The van der Waals surface area contributed by atoms with Crippen molar-refractivity contribution in [1.82, 2.24) is 0 Å². The maximum absolute atomic E-state index is 10.8. The Hall–Kier alpha value is -1.19. The fraction of sp³-hybridized carbons (Fsp3) is 0.625. The summed E-state index contributed by atoms with van der Waals surface area (Å²) in [5.74, 6) is -3.48. The first-order valence-corrected chi connectivity index (χ1v) is 3.75. The molecule has 0 aliphatic heterocycles. The van der Waals surface area contributed by atoms with Gasteiger partial charge >= 0.3 is 11.8 Å². The minimum Gasteiger partial charge on any atom is -0.475 e. The number of hydrogen-bond acceptors (Lipinski definition) is 3. The SMILES string of the molecule is CC(C)CCC(=O)C(=O)C(=O)O. The van der Waals surface area contributed by atoms with Gasteiger partial charge in [-0.1, -0.05) is 13.8 Å². The number of carbonyl (C=O) groups is 3. The lowest BCUT2D eigenvalue weighted by Gasteiger charge is -2.00. The predicted molar refractivity (Wildman–Crippen MR) is 41.7 cm³/mol. The van der Waals surface area contributed by atoms with E-state index in [4.69, 9.17) is 5.11 Å². The van der Waals surface area contributed by atoms with E-state index in [2.05, 4.69) is 0 Å². The average Bonchev–Trinajstić information content (AvgIpc) is 1.98. The molecule has 0 aliphatic carbocycles. The lowest BCUT2D eigenvalue weighted by atomic mass is 10.0. The summed E-state index contributed by atoms with van der Waals surface area (Å²) in [6, 6.07) is 0. The Kier molecular flexibility index (Phi) is 4.18. The maximum Gasteiger partial charge on any atom is 0.380 e. The number of carbonyl (C=O) groups excluding carboxylic acids is 2. The Balaban J connectivity index is 3.89. The molecule has 0 atom stereocenters. The summed E-state index contributed by atoms with van der Waals surface area (Å²) in [7, 11) is 0. The van der Waals surface area contributed by atoms with Gasteiger partial charge in [0.2, 0.25) is 5.78 Å². The Labute approximate surface area is 70.6 Å². The van der Waals surface area contributed by atoms with E-state index in [9.17, 15) is 14.4 Å². The lowest BCUT2D eigenvalue weighted by Crippen LogP contribution is -2.23. The predicted octanol–water partition coefficient (Wildman–Crippen LogP) is 0.645. The normalized spacial score (nSPS) is 9.92. The maximum atomic E-state index is 10.8. The van der Waals surface area contributed by atoms with Crippen LogP contribution in [-0.2, 0) is 14.4 Å². The quantitative estimate of drug-likeness (QED) is 0.488. The number of hydrogen-bond donors (Lipinski definition) is 1. The standard InChI is InChI=1S/C8H12O4/c1-5(2)3-4-6(9)7(10)8(11)12/h5H,3-4H2,1-2H3,(H,11,12). The zero-order valence-electron chi connectivity index (χ0n) is 7.16. The van der Waals surface area contributed by atoms with E-state index in [1.165, 1.54) is 0 Å². The van der Waals surface area contributed by atoms with Gasteiger partial charge in [0, 0.05) is 6.42 Å². The van der Waals surface area contributed by atoms with Crippen LogP contribution in [0.4, 0.5) is 0 Å². The summed E-state index contributed by atoms with van der Waals surface area (Å²) in [5.41, 5.74) is 0. The van der Waals surface area contributed by atoms with Crippen LogP contribution in [0.1, 0.15) is 26.7 Å². The Bertz CT molecular complexity index is 205. The third-order valence-electron chi connectivity index (χ3n) is 1.40. The van der Waals surface area contributed by atoms with Crippen molar-refractivity contribution in [3.8, 4) is 0 Å². The smallest absolute Gasteiger partial charge is 0.380 e. The second-order valence-corrected chi connectivity index (χ2v) is 2.99. The lowest BCUT2D eigenvalue weighted by molar-refractivity contribution is -0.153. The van der Waals surface area contributed by atoms with Gasteiger partial charge in [0.15, 0.2) is 0 Å². The number of Topliss-reactive ketones (excluding diaryl/α,β-unsaturated/α-hetero) is 2. The molecule has 0 rings (SSSR count). The molecule has 4 heteroatoms. The molecular weight excluding hydrogens is 160 g/mol. The van der Waals surface area contributed by atoms with Gasteiger partial charge in [-0.25, -0.2) is 4.79 Å². The minimum atomic E-state index is -1.66. The molecule has 68 valence electrons. The van der Waals surface area contributed by atoms with Crippen LogP contribution in [-0.4, -0.2) is 22.6 Å². The molecule has 0 saturated carbocycles. The second-order valence-electron chi connectivity index (χ2n) is 2.99. The Morgan fingerprint density at radius 2 is 1.75 bits per heavy atom. The molecule has 0 fully saturated rings. The van der Waals surface area contributed by atoms with Crippen molar-refractivity contribution in [3.63, 3.8) is 0 Å². The van der Waals surface area contributed by atoms with Crippen molar-refractivity contribution in [1.29, 1.82) is 0 Å². The minimum absolute atomic E-state index is 0.0306. The van der Waals surface area contributed by atoms with Crippen molar-refractivity contribution in [2.75, 3.05) is 0 Å².